The van der Waals surface area contributed by atoms with Crippen molar-refractivity contribution in [1.82, 2.24) is 4.90 Å². The summed E-state index contributed by atoms with van der Waals surface area (Å²) in [6.45, 7) is 10.6. The van der Waals surface area contributed by atoms with E-state index in [4.69, 9.17) is 10.7 Å². The summed E-state index contributed by atoms with van der Waals surface area (Å²) in [5.41, 5.74) is 13.4. The predicted octanol–water partition coefficient (Wildman–Crippen LogP) is 6.38. The molecule has 1 aliphatic rings. The number of aliphatic imine (C=N–C) groups is 1. The minimum atomic E-state index is 0.108. The number of aryl methyl sites for hydroxylation is 1. The molecule has 4 nitrogen and oxygen atoms in total. The van der Waals surface area contributed by atoms with Crippen molar-refractivity contribution in [3.05, 3.63) is 65.3 Å². The Labute approximate surface area is 180 Å². The maximum atomic E-state index is 9.72. The second-order valence-corrected chi connectivity index (χ2v) is 8.19. The summed E-state index contributed by atoms with van der Waals surface area (Å²) < 4.78 is 0. The smallest absolute Gasteiger partial charge is 0.138 e. The fourth-order valence-corrected chi connectivity index (χ4v) is 3.85. The number of hydrogen-bond acceptors (Lipinski definition) is 3. The summed E-state index contributed by atoms with van der Waals surface area (Å²) in [4.78, 5) is 7.47. The van der Waals surface area contributed by atoms with Gasteiger partial charge < -0.3 is 15.7 Å². The lowest BCUT2D eigenvalue weighted by molar-refractivity contribution is 0.439. The Balaban J connectivity index is 1.95. The van der Waals surface area contributed by atoms with Crippen LogP contribution in [0.3, 0.4) is 0 Å². The topological polar surface area (TPSA) is 61.9 Å². The van der Waals surface area contributed by atoms with Crippen molar-refractivity contribution in [3.63, 3.8) is 0 Å². The average molecular weight is 404 g/mol. The van der Waals surface area contributed by atoms with Crippen molar-refractivity contribution >= 4 is 17.2 Å². The van der Waals surface area contributed by atoms with E-state index in [0.29, 0.717) is 5.69 Å². The van der Waals surface area contributed by atoms with E-state index in [0.717, 1.165) is 54.1 Å². The fourth-order valence-electron chi connectivity index (χ4n) is 3.85. The molecule has 0 atom stereocenters. The van der Waals surface area contributed by atoms with Gasteiger partial charge in [-0.15, -0.1) is 0 Å². The maximum absolute atomic E-state index is 9.72. The second-order valence-electron chi connectivity index (χ2n) is 8.19. The summed E-state index contributed by atoms with van der Waals surface area (Å²) in [7, 11) is 0. The lowest BCUT2D eigenvalue weighted by Crippen LogP contribution is -2.30. The number of nitrogens with zero attached hydrogens (tertiary/aromatic N) is 2. The van der Waals surface area contributed by atoms with E-state index in [2.05, 4.69) is 56.0 Å². The highest BCUT2D eigenvalue weighted by Crippen LogP contribution is 2.31. The van der Waals surface area contributed by atoms with Crippen LogP contribution in [0.25, 0.3) is 11.1 Å². The highest BCUT2D eigenvalue weighted by atomic mass is 16.3. The van der Waals surface area contributed by atoms with Crippen LogP contribution in [-0.2, 0) is 0 Å². The number of allylic oxidation sites excluding steroid dienone is 2. The summed E-state index contributed by atoms with van der Waals surface area (Å²) in [5, 5.41) is 9.72. The van der Waals surface area contributed by atoms with Crippen LogP contribution in [0, 0.1) is 6.92 Å². The molecule has 0 aromatic heterocycles. The quantitative estimate of drug-likeness (QED) is 0.205. The molecule has 1 fully saturated rings. The number of rotatable bonds is 3. The molecule has 2 aromatic carbocycles. The molecule has 0 radical (unpaired) electrons. The number of benzene rings is 2. The predicted molar refractivity (Wildman–Crippen MR) is 128 cm³/mol. The van der Waals surface area contributed by atoms with E-state index >= 15 is 0 Å². The van der Waals surface area contributed by atoms with Crippen LogP contribution in [-0.4, -0.2) is 28.9 Å². The normalized spacial score (nSPS) is 15.5. The Bertz CT molecular complexity index is 997. The first-order valence-electron chi connectivity index (χ1n) is 10.7. The van der Waals surface area contributed by atoms with Crippen LogP contribution in [0.4, 0.5) is 11.4 Å². The van der Waals surface area contributed by atoms with Gasteiger partial charge in [-0.3, -0.25) is 0 Å². The van der Waals surface area contributed by atoms with E-state index in [1.807, 2.05) is 13.0 Å². The molecule has 0 saturated carbocycles. The van der Waals surface area contributed by atoms with Gasteiger partial charge in [-0.1, -0.05) is 35.4 Å². The molecule has 1 saturated heterocycles. The molecule has 1 heterocycles. The Morgan fingerprint density at radius 3 is 2.50 bits per heavy atom. The molecule has 0 amide bonds. The molecule has 3 rings (SSSR count). The molecule has 3 N–H and O–H groups in total. The van der Waals surface area contributed by atoms with Crippen molar-refractivity contribution in [2.75, 3.05) is 18.8 Å². The van der Waals surface area contributed by atoms with Gasteiger partial charge in [0.05, 0.1) is 11.4 Å². The summed E-state index contributed by atoms with van der Waals surface area (Å²) >= 11 is 0. The molecule has 4 heteroatoms. The van der Waals surface area contributed by atoms with E-state index in [9.17, 15) is 5.11 Å². The largest absolute Gasteiger partial charge is 0.506 e. The Hall–Kier alpha value is -3.01. The fraction of sp³-hybridized carbons (Fsp3) is 0.346. The zero-order chi connectivity index (χ0) is 21.7. The van der Waals surface area contributed by atoms with Crippen LogP contribution < -0.4 is 5.73 Å². The van der Waals surface area contributed by atoms with E-state index in [1.165, 1.54) is 12.0 Å². The monoisotopic (exact) mass is 403 g/mol. The molecule has 0 unspecified atom stereocenters. The third-order valence-electron chi connectivity index (χ3n) is 5.74. The second kappa shape index (κ2) is 9.66. The van der Waals surface area contributed by atoms with E-state index < -0.39 is 0 Å². The number of hydrogen-bond donors (Lipinski definition) is 2. The van der Waals surface area contributed by atoms with Gasteiger partial charge in [-0.2, -0.15) is 0 Å². The van der Waals surface area contributed by atoms with Gasteiger partial charge >= 0.3 is 0 Å². The molecule has 0 aliphatic carbocycles. The molecule has 2 aromatic rings. The zero-order valence-electron chi connectivity index (χ0n) is 18.6. The van der Waals surface area contributed by atoms with Crippen molar-refractivity contribution < 1.29 is 5.11 Å². The standard InChI is InChI=1S/C26H33N3O/c1-5-7-26(29-14-6-8-20(13-15-29)18(2)3)28-24-17-22(10-9-19(24)4)21-11-12-25(30)23(27)16-21/h5,7,9-12,16-17,30H,6,8,13-15,27H2,1-4H3. The number of aromatic hydroxyl groups is 1. The number of nitrogens with two attached hydrogens (primary N) is 1. The number of amidine groups is 1. The first-order valence-corrected chi connectivity index (χ1v) is 10.7. The Morgan fingerprint density at radius 1 is 1.07 bits per heavy atom. The molecule has 1 aliphatic heterocycles. The zero-order valence-corrected chi connectivity index (χ0v) is 18.6. The van der Waals surface area contributed by atoms with Gasteiger partial charge in [-0.25, -0.2) is 4.99 Å². The van der Waals surface area contributed by atoms with E-state index in [-0.39, 0.29) is 5.75 Å². The molecular formula is C26H33N3O. The van der Waals surface area contributed by atoms with Crippen molar-refractivity contribution in [2.24, 2.45) is 4.99 Å². The third-order valence-corrected chi connectivity index (χ3v) is 5.74. The van der Waals surface area contributed by atoms with Crippen molar-refractivity contribution in [1.29, 1.82) is 0 Å². The van der Waals surface area contributed by atoms with Crippen LogP contribution in [0.2, 0.25) is 0 Å². The van der Waals surface area contributed by atoms with Crippen molar-refractivity contribution in [2.45, 2.75) is 47.0 Å². The van der Waals surface area contributed by atoms with Crippen LogP contribution in [0.15, 0.2) is 64.7 Å². The molecule has 0 spiro atoms. The number of phenols is 1. The van der Waals surface area contributed by atoms with Crippen LogP contribution in [0.1, 0.15) is 45.6 Å². The highest BCUT2D eigenvalue weighted by Gasteiger charge is 2.15. The minimum absolute atomic E-state index is 0.108. The molecule has 158 valence electrons. The van der Waals surface area contributed by atoms with E-state index in [1.54, 1.807) is 17.7 Å². The summed E-state index contributed by atoms with van der Waals surface area (Å²) in [5.74, 6) is 1.12. The number of phenolic OH excluding ortho intramolecular Hbond substituents is 1. The summed E-state index contributed by atoms with van der Waals surface area (Å²) in [6, 6.07) is 11.6. The van der Waals surface area contributed by atoms with Gasteiger partial charge in [-0.05, 0) is 87.9 Å². The van der Waals surface area contributed by atoms with Crippen LogP contribution in [0.5, 0.6) is 5.75 Å². The SMILES string of the molecule is CC=CC(=Nc1cc(-c2ccc(O)c(N)c2)ccc1C)N1CCCC(=C(C)C)CC1. The molecular weight excluding hydrogens is 370 g/mol. The van der Waals surface area contributed by atoms with Crippen molar-refractivity contribution in [3.8, 4) is 16.9 Å². The van der Waals surface area contributed by atoms with Crippen LogP contribution >= 0.6 is 0 Å². The lowest BCUT2D eigenvalue weighted by atomic mass is 10.0. The molecule has 30 heavy (non-hydrogen) atoms. The van der Waals surface area contributed by atoms with Gasteiger partial charge in [0, 0.05) is 13.1 Å². The van der Waals surface area contributed by atoms with Gasteiger partial charge in [0.1, 0.15) is 11.6 Å². The first kappa shape index (κ1) is 21.7. The average Bonchev–Trinajstić information content (AvgIpc) is 2.98. The number of anilines is 1. The maximum Gasteiger partial charge on any atom is 0.138 e. The van der Waals surface area contributed by atoms with Gasteiger partial charge in [0.2, 0.25) is 0 Å². The highest BCUT2D eigenvalue weighted by molar-refractivity contribution is 5.95. The van der Waals surface area contributed by atoms with Gasteiger partial charge in [0.25, 0.3) is 0 Å². The first-order chi connectivity index (χ1) is 14.4. The number of likely N-dealkylation sites (tertiary alicyclic amines) is 1. The number of nitrogen functional groups attached to an aromatic ring is 1. The molecule has 0 bridgehead atoms. The lowest BCUT2D eigenvalue weighted by Gasteiger charge is -2.23. The minimum Gasteiger partial charge on any atom is -0.506 e. The Kier molecular flexibility index (Phi) is 6.99. The third kappa shape index (κ3) is 5.12. The Morgan fingerprint density at radius 2 is 1.80 bits per heavy atom. The summed E-state index contributed by atoms with van der Waals surface area (Å²) in [6.07, 6.45) is 7.61. The van der Waals surface area contributed by atoms with Gasteiger partial charge in [0.15, 0.2) is 0 Å².